The Morgan fingerprint density at radius 2 is 2.29 bits per heavy atom. The lowest BCUT2D eigenvalue weighted by atomic mass is 10.1. The molecular weight excluding hydrogens is 270 g/mol. The first kappa shape index (κ1) is 13.6. The van der Waals surface area contributed by atoms with E-state index in [4.69, 9.17) is 4.42 Å². The van der Waals surface area contributed by atoms with Gasteiger partial charge in [0.25, 0.3) is 0 Å². The molecule has 0 bridgehead atoms. The molecule has 6 heteroatoms. The number of rotatable bonds is 4. The van der Waals surface area contributed by atoms with Gasteiger partial charge in [-0.1, -0.05) is 12.1 Å². The summed E-state index contributed by atoms with van der Waals surface area (Å²) < 4.78 is 5.58. The van der Waals surface area contributed by atoms with Crippen LogP contribution in [0.1, 0.15) is 12.3 Å². The highest BCUT2D eigenvalue weighted by Gasteiger charge is 2.31. The number of amides is 2. The topological polar surface area (TPSA) is 75.4 Å². The summed E-state index contributed by atoms with van der Waals surface area (Å²) >= 11 is 0. The summed E-state index contributed by atoms with van der Waals surface area (Å²) in [7, 11) is 1.72. The SMILES string of the molecule is CN1C[C@H](C(=O)NCCc2nc3ccccc3o2)CC1=O. The van der Waals surface area contributed by atoms with E-state index in [2.05, 4.69) is 10.3 Å². The quantitative estimate of drug-likeness (QED) is 0.909. The molecule has 0 saturated carbocycles. The highest BCUT2D eigenvalue weighted by molar-refractivity contribution is 5.89. The molecule has 0 unspecified atom stereocenters. The summed E-state index contributed by atoms with van der Waals surface area (Å²) in [6.45, 7) is 0.952. The summed E-state index contributed by atoms with van der Waals surface area (Å²) in [6.07, 6.45) is 0.835. The summed E-state index contributed by atoms with van der Waals surface area (Å²) in [5.41, 5.74) is 1.57. The number of nitrogens with one attached hydrogen (secondary N) is 1. The van der Waals surface area contributed by atoms with Crippen molar-refractivity contribution in [2.45, 2.75) is 12.8 Å². The van der Waals surface area contributed by atoms with Gasteiger partial charge < -0.3 is 14.6 Å². The van der Waals surface area contributed by atoms with E-state index in [9.17, 15) is 9.59 Å². The molecule has 1 aromatic carbocycles. The van der Waals surface area contributed by atoms with Crippen molar-refractivity contribution >= 4 is 22.9 Å². The van der Waals surface area contributed by atoms with Crippen LogP contribution in [-0.2, 0) is 16.0 Å². The molecule has 0 spiro atoms. The maximum Gasteiger partial charge on any atom is 0.225 e. The number of likely N-dealkylation sites (tertiary alicyclic amines) is 1. The minimum absolute atomic E-state index is 0.0223. The number of oxazole rings is 1. The number of carbonyl (C=O) groups is 2. The fraction of sp³-hybridized carbons (Fsp3) is 0.400. The molecule has 1 aliphatic heterocycles. The van der Waals surface area contributed by atoms with Gasteiger partial charge >= 0.3 is 0 Å². The van der Waals surface area contributed by atoms with Crippen LogP contribution in [0.4, 0.5) is 0 Å². The predicted octanol–water partition coefficient (Wildman–Crippen LogP) is 0.965. The summed E-state index contributed by atoms with van der Waals surface area (Å²) in [5.74, 6) is 0.306. The second-order valence-electron chi connectivity index (χ2n) is 5.29. The highest BCUT2D eigenvalue weighted by Crippen LogP contribution is 2.16. The van der Waals surface area contributed by atoms with Crippen LogP contribution in [0, 0.1) is 5.92 Å². The van der Waals surface area contributed by atoms with Gasteiger partial charge in [-0.15, -0.1) is 0 Å². The molecule has 2 heterocycles. The molecule has 1 N–H and O–H groups in total. The van der Waals surface area contributed by atoms with Gasteiger partial charge in [0, 0.05) is 33.0 Å². The molecule has 2 amide bonds. The molecule has 0 radical (unpaired) electrons. The third-order valence-corrected chi connectivity index (χ3v) is 3.69. The van der Waals surface area contributed by atoms with Crippen molar-refractivity contribution in [2.24, 2.45) is 5.92 Å². The number of aromatic nitrogens is 1. The molecule has 1 saturated heterocycles. The van der Waals surface area contributed by atoms with E-state index >= 15 is 0 Å². The average molecular weight is 287 g/mol. The first-order chi connectivity index (χ1) is 10.1. The number of para-hydroxylation sites is 2. The van der Waals surface area contributed by atoms with Crippen molar-refractivity contribution in [3.63, 3.8) is 0 Å². The van der Waals surface area contributed by atoms with Gasteiger partial charge in [0.15, 0.2) is 11.5 Å². The maximum absolute atomic E-state index is 12.0. The smallest absolute Gasteiger partial charge is 0.225 e. The molecule has 21 heavy (non-hydrogen) atoms. The normalized spacial score (nSPS) is 18.4. The van der Waals surface area contributed by atoms with Gasteiger partial charge in [0.05, 0.1) is 5.92 Å². The van der Waals surface area contributed by atoms with E-state index in [0.29, 0.717) is 31.8 Å². The van der Waals surface area contributed by atoms with Crippen LogP contribution in [0.2, 0.25) is 0 Å². The number of nitrogens with zero attached hydrogens (tertiary/aromatic N) is 2. The molecule has 2 aromatic rings. The average Bonchev–Trinajstić information content (AvgIpc) is 3.02. The standard InChI is InChI=1S/C15H17N3O3/c1-18-9-10(8-14(18)19)15(20)16-7-6-13-17-11-4-2-3-5-12(11)21-13/h2-5,10H,6-9H2,1H3,(H,16,20)/t10-/m1/s1. The molecule has 1 atom stereocenters. The van der Waals surface area contributed by atoms with Gasteiger partial charge in [0.1, 0.15) is 5.52 Å². The monoisotopic (exact) mass is 287 g/mol. The van der Waals surface area contributed by atoms with Crippen molar-refractivity contribution in [3.8, 4) is 0 Å². The first-order valence-electron chi connectivity index (χ1n) is 6.99. The fourth-order valence-electron chi connectivity index (χ4n) is 2.50. The van der Waals surface area contributed by atoms with E-state index < -0.39 is 0 Å². The highest BCUT2D eigenvalue weighted by atomic mass is 16.3. The molecule has 6 nitrogen and oxygen atoms in total. The third kappa shape index (κ3) is 2.89. The van der Waals surface area contributed by atoms with Crippen LogP contribution >= 0.6 is 0 Å². The first-order valence-corrected chi connectivity index (χ1v) is 6.99. The minimum atomic E-state index is -0.244. The van der Waals surface area contributed by atoms with Gasteiger partial charge in [-0.3, -0.25) is 9.59 Å². The van der Waals surface area contributed by atoms with Crippen molar-refractivity contribution in [2.75, 3.05) is 20.1 Å². The zero-order chi connectivity index (χ0) is 14.8. The largest absolute Gasteiger partial charge is 0.441 e. The van der Waals surface area contributed by atoms with Gasteiger partial charge in [-0.2, -0.15) is 0 Å². The Kier molecular flexibility index (Phi) is 3.60. The Labute approximate surface area is 122 Å². The molecule has 1 fully saturated rings. The lowest BCUT2D eigenvalue weighted by Gasteiger charge is -2.10. The minimum Gasteiger partial charge on any atom is -0.441 e. The predicted molar refractivity (Wildman–Crippen MR) is 76.5 cm³/mol. The van der Waals surface area contributed by atoms with Crippen LogP contribution in [0.3, 0.4) is 0 Å². The van der Waals surface area contributed by atoms with Crippen LogP contribution in [0.25, 0.3) is 11.1 Å². The number of hydrogen-bond acceptors (Lipinski definition) is 4. The lowest BCUT2D eigenvalue weighted by molar-refractivity contribution is -0.128. The lowest BCUT2D eigenvalue weighted by Crippen LogP contribution is -2.33. The Morgan fingerprint density at radius 3 is 3.00 bits per heavy atom. The van der Waals surface area contributed by atoms with E-state index in [-0.39, 0.29) is 17.7 Å². The summed E-state index contributed by atoms with van der Waals surface area (Å²) in [5, 5.41) is 2.84. The maximum atomic E-state index is 12.0. The van der Waals surface area contributed by atoms with Crippen LogP contribution in [0.15, 0.2) is 28.7 Å². The Hall–Kier alpha value is -2.37. The number of carbonyl (C=O) groups excluding carboxylic acids is 2. The van der Waals surface area contributed by atoms with E-state index in [1.54, 1.807) is 11.9 Å². The number of benzene rings is 1. The molecule has 110 valence electrons. The van der Waals surface area contributed by atoms with Crippen LogP contribution in [-0.4, -0.2) is 41.8 Å². The Balaban J connectivity index is 1.52. The van der Waals surface area contributed by atoms with E-state index in [1.165, 1.54) is 0 Å². The molecule has 3 rings (SSSR count). The van der Waals surface area contributed by atoms with Crippen molar-refractivity contribution in [3.05, 3.63) is 30.2 Å². The second kappa shape index (κ2) is 5.55. The molecule has 1 aromatic heterocycles. The Bertz CT molecular complexity index is 647. The van der Waals surface area contributed by atoms with Crippen LogP contribution in [0.5, 0.6) is 0 Å². The van der Waals surface area contributed by atoms with Gasteiger partial charge in [0.2, 0.25) is 11.8 Å². The Morgan fingerprint density at radius 1 is 1.48 bits per heavy atom. The fourth-order valence-corrected chi connectivity index (χ4v) is 2.50. The molecule has 0 aliphatic carbocycles. The van der Waals surface area contributed by atoms with Gasteiger partial charge in [-0.25, -0.2) is 4.98 Å². The third-order valence-electron chi connectivity index (χ3n) is 3.69. The summed E-state index contributed by atoms with van der Waals surface area (Å²) in [6, 6.07) is 7.56. The molecular formula is C15H17N3O3. The second-order valence-corrected chi connectivity index (χ2v) is 5.29. The zero-order valence-corrected chi connectivity index (χ0v) is 11.8. The zero-order valence-electron chi connectivity index (χ0n) is 11.8. The van der Waals surface area contributed by atoms with Crippen molar-refractivity contribution < 1.29 is 14.0 Å². The number of fused-ring (bicyclic) bond motifs is 1. The van der Waals surface area contributed by atoms with E-state index in [0.717, 1.165) is 11.1 Å². The number of hydrogen-bond donors (Lipinski definition) is 1. The van der Waals surface area contributed by atoms with Gasteiger partial charge in [-0.05, 0) is 12.1 Å². The van der Waals surface area contributed by atoms with E-state index in [1.807, 2.05) is 24.3 Å². The molecule has 1 aliphatic rings. The van der Waals surface area contributed by atoms with Crippen molar-refractivity contribution in [1.29, 1.82) is 0 Å². The van der Waals surface area contributed by atoms with Crippen LogP contribution < -0.4 is 5.32 Å². The summed E-state index contributed by atoms with van der Waals surface area (Å²) in [4.78, 5) is 29.3. The van der Waals surface area contributed by atoms with Crippen molar-refractivity contribution in [1.82, 2.24) is 15.2 Å².